The Morgan fingerprint density at radius 2 is 1.53 bits per heavy atom. The van der Waals surface area contributed by atoms with Gasteiger partial charge in [-0.15, -0.1) is 4.36 Å². The lowest BCUT2D eigenvalue weighted by atomic mass is 10.2. The van der Waals surface area contributed by atoms with Gasteiger partial charge in [0, 0.05) is 0 Å². The average molecular weight is 274 g/mol. The van der Waals surface area contributed by atoms with Crippen molar-refractivity contribution in [3.05, 3.63) is 59.9 Å². The first-order valence-electron chi connectivity index (χ1n) is 5.54. The quantitative estimate of drug-likeness (QED) is 0.787. The fourth-order valence-electron chi connectivity index (χ4n) is 1.64. The van der Waals surface area contributed by atoms with E-state index >= 15 is 0 Å². The van der Waals surface area contributed by atoms with Crippen LogP contribution in [0, 0.1) is 24.2 Å². The van der Waals surface area contributed by atoms with Crippen molar-refractivity contribution in [2.75, 3.05) is 0 Å². The molecule has 0 aliphatic rings. The highest BCUT2D eigenvalue weighted by Gasteiger charge is 2.16. The lowest BCUT2D eigenvalue weighted by Crippen LogP contribution is -2.01. The number of rotatable bonds is 2. The second kappa shape index (κ2) is 5.21. The van der Waals surface area contributed by atoms with Gasteiger partial charge in [-0.05, 0) is 43.3 Å². The van der Waals surface area contributed by atoms with E-state index in [0.717, 1.165) is 5.56 Å². The summed E-state index contributed by atoms with van der Waals surface area (Å²) < 4.78 is 29.4. The molecular formula is C14H11FN2OS. The predicted molar refractivity (Wildman–Crippen MR) is 70.3 cm³/mol. The molecule has 0 amide bonds. The maximum atomic E-state index is 12.9. The highest BCUT2D eigenvalue weighted by atomic mass is 32.2. The second-order valence-electron chi connectivity index (χ2n) is 3.98. The van der Waals surface area contributed by atoms with E-state index in [0.29, 0.717) is 9.79 Å². The molecule has 2 aromatic carbocycles. The van der Waals surface area contributed by atoms with Gasteiger partial charge in [-0.1, -0.05) is 17.7 Å². The molecule has 0 bridgehead atoms. The second-order valence-corrected chi connectivity index (χ2v) is 6.16. The SMILES string of the molecule is Cc1ccc(S(=O)(=NC#N)c2ccc(F)cc2)cc1. The Balaban J connectivity index is 2.66. The molecule has 3 nitrogen and oxygen atoms in total. The minimum absolute atomic E-state index is 0.319. The molecule has 1 atom stereocenters. The molecule has 2 aromatic rings. The van der Waals surface area contributed by atoms with E-state index in [9.17, 15) is 8.60 Å². The van der Waals surface area contributed by atoms with Crippen molar-refractivity contribution in [1.82, 2.24) is 0 Å². The Kier molecular flexibility index (Phi) is 3.63. The fourth-order valence-corrected chi connectivity index (χ4v) is 3.25. The van der Waals surface area contributed by atoms with E-state index in [1.807, 2.05) is 6.92 Å². The van der Waals surface area contributed by atoms with Crippen molar-refractivity contribution >= 4 is 9.73 Å². The first kappa shape index (κ1) is 13.2. The Morgan fingerprint density at radius 1 is 1.05 bits per heavy atom. The normalized spacial score (nSPS) is 13.3. The minimum atomic E-state index is -3.03. The molecule has 0 spiro atoms. The topological polar surface area (TPSA) is 53.2 Å². The summed E-state index contributed by atoms with van der Waals surface area (Å²) in [7, 11) is -3.03. The molecule has 0 aromatic heterocycles. The third-order valence-corrected chi connectivity index (χ3v) is 4.80. The molecule has 0 saturated carbocycles. The van der Waals surface area contributed by atoms with E-state index in [2.05, 4.69) is 4.36 Å². The monoisotopic (exact) mass is 274 g/mol. The Bertz CT molecular complexity index is 685. The van der Waals surface area contributed by atoms with E-state index < -0.39 is 15.5 Å². The number of nitriles is 1. The molecule has 0 N–H and O–H groups in total. The average Bonchev–Trinajstić information content (AvgIpc) is 2.40. The van der Waals surface area contributed by atoms with Gasteiger partial charge in [0.2, 0.25) is 6.19 Å². The Labute approximate surface area is 111 Å². The molecule has 19 heavy (non-hydrogen) atoms. The van der Waals surface area contributed by atoms with Gasteiger partial charge < -0.3 is 0 Å². The first-order chi connectivity index (χ1) is 9.06. The summed E-state index contributed by atoms with van der Waals surface area (Å²) in [6, 6.07) is 12.1. The summed E-state index contributed by atoms with van der Waals surface area (Å²) in [4.78, 5) is 0.755. The molecule has 96 valence electrons. The highest BCUT2D eigenvalue weighted by molar-refractivity contribution is 7.93. The van der Waals surface area contributed by atoms with Crippen LogP contribution in [0.4, 0.5) is 4.39 Å². The molecule has 0 radical (unpaired) electrons. The summed E-state index contributed by atoms with van der Waals surface area (Å²) in [5.74, 6) is -0.425. The number of benzene rings is 2. The maximum Gasteiger partial charge on any atom is 0.215 e. The van der Waals surface area contributed by atoms with Crippen LogP contribution in [0.2, 0.25) is 0 Å². The van der Waals surface area contributed by atoms with Gasteiger partial charge in [-0.25, -0.2) is 8.60 Å². The summed E-state index contributed by atoms with van der Waals surface area (Å²) in [6.45, 7) is 1.91. The van der Waals surface area contributed by atoms with Gasteiger partial charge in [0.15, 0.2) is 0 Å². The van der Waals surface area contributed by atoms with E-state index in [1.54, 1.807) is 30.5 Å². The van der Waals surface area contributed by atoms with Gasteiger partial charge in [0.25, 0.3) is 0 Å². The summed E-state index contributed by atoms with van der Waals surface area (Å²) in [5.41, 5.74) is 1.02. The molecule has 0 fully saturated rings. The minimum Gasteiger partial charge on any atom is -0.239 e. The van der Waals surface area contributed by atoms with E-state index in [-0.39, 0.29) is 0 Å². The number of hydrogen-bond acceptors (Lipinski definition) is 3. The van der Waals surface area contributed by atoms with Crippen molar-refractivity contribution in [3.63, 3.8) is 0 Å². The number of aryl methyl sites for hydroxylation is 1. The number of halogens is 1. The molecule has 1 unspecified atom stereocenters. The predicted octanol–water partition coefficient (Wildman–Crippen LogP) is 3.50. The lowest BCUT2D eigenvalue weighted by Gasteiger charge is -2.09. The standard InChI is InChI=1S/C14H11FN2OS/c1-11-2-6-13(7-3-11)19(18,17-10-16)14-8-4-12(15)5-9-14/h2-9H,1H3. The summed E-state index contributed by atoms with van der Waals surface area (Å²) >= 11 is 0. The third kappa shape index (κ3) is 2.64. The van der Waals surface area contributed by atoms with Crippen molar-refractivity contribution in [3.8, 4) is 6.19 Å². The van der Waals surface area contributed by atoms with Crippen LogP contribution in [0.1, 0.15) is 5.56 Å². The van der Waals surface area contributed by atoms with Crippen LogP contribution >= 0.6 is 0 Å². The van der Waals surface area contributed by atoms with E-state index in [4.69, 9.17) is 5.26 Å². The first-order valence-corrected chi connectivity index (χ1v) is 7.05. The third-order valence-electron chi connectivity index (χ3n) is 2.64. The molecule has 0 heterocycles. The van der Waals surface area contributed by atoms with Gasteiger partial charge in [0.1, 0.15) is 15.5 Å². The molecule has 5 heteroatoms. The van der Waals surface area contributed by atoms with Crippen LogP contribution in [0.25, 0.3) is 0 Å². The molecule has 0 saturated heterocycles. The van der Waals surface area contributed by atoms with Gasteiger partial charge >= 0.3 is 0 Å². The van der Waals surface area contributed by atoms with Crippen molar-refractivity contribution in [2.45, 2.75) is 16.7 Å². The Morgan fingerprint density at radius 3 is 2.00 bits per heavy atom. The van der Waals surface area contributed by atoms with Crippen molar-refractivity contribution in [1.29, 1.82) is 5.26 Å². The van der Waals surface area contributed by atoms with Gasteiger partial charge in [-0.2, -0.15) is 5.26 Å². The summed E-state index contributed by atoms with van der Waals surface area (Å²) in [6.07, 6.45) is 1.59. The highest BCUT2D eigenvalue weighted by Crippen LogP contribution is 2.24. The van der Waals surface area contributed by atoms with Crippen molar-refractivity contribution < 1.29 is 8.60 Å². The Hall–Kier alpha value is -2.19. The van der Waals surface area contributed by atoms with Crippen LogP contribution in [0.3, 0.4) is 0 Å². The molecular weight excluding hydrogens is 263 g/mol. The zero-order valence-electron chi connectivity index (χ0n) is 10.2. The van der Waals surface area contributed by atoms with Crippen molar-refractivity contribution in [2.24, 2.45) is 4.36 Å². The van der Waals surface area contributed by atoms with Crippen LogP contribution in [0.15, 0.2) is 62.7 Å². The number of nitrogens with zero attached hydrogens (tertiary/aromatic N) is 2. The number of hydrogen-bond donors (Lipinski definition) is 0. The molecule has 0 aliphatic heterocycles. The van der Waals surface area contributed by atoms with E-state index in [1.165, 1.54) is 24.3 Å². The zero-order valence-corrected chi connectivity index (χ0v) is 11.0. The van der Waals surface area contributed by atoms with Crippen LogP contribution in [-0.2, 0) is 9.73 Å². The van der Waals surface area contributed by atoms with Gasteiger partial charge in [0.05, 0.1) is 9.79 Å². The van der Waals surface area contributed by atoms with Crippen LogP contribution < -0.4 is 0 Å². The van der Waals surface area contributed by atoms with Crippen LogP contribution in [0.5, 0.6) is 0 Å². The lowest BCUT2D eigenvalue weighted by molar-refractivity contribution is 0.626. The van der Waals surface area contributed by atoms with Gasteiger partial charge in [-0.3, -0.25) is 0 Å². The fraction of sp³-hybridized carbons (Fsp3) is 0.0714. The maximum absolute atomic E-state index is 12.9. The van der Waals surface area contributed by atoms with Crippen LogP contribution in [-0.4, -0.2) is 4.21 Å². The largest absolute Gasteiger partial charge is 0.239 e. The summed E-state index contributed by atoms with van der Waals surface area (Å²) in [5, 5.41) is 8.76. The smallest absolute Gasteiger partial charge is 0.215 e. The zero-order chi connectivity index (χ0) is 13.9. The molecule has 2 rings (SSSR count). The molecule has 0 aliphatic carbocycles.